The minimum Gasteiger partial charge on any atom is -0.489 e. The van der Waals surface area contributed by atoms with Gasteiger partial charge in [0.25, 0.3) is 0 Å². The minimum absolute atomic E-state index is 0.0762. The third-order valence-corrected chi connectivity index (χ3v) is 6.11. The van der Waals surface area contributed by atoms with Gasteiger partial charge in [0.05, 0.1) is 13.3 Å². The number of methoxy groups -OCH3 is 1. The highest BCUT2D eigenvalue weighted by Crippen LogP contribution is 2.31. The van der Waals surface area contributed by atoms with Gasteiger partial charge in [-0.25, -0.2) is 9.37 Å². The summed E-state index contributed by atoms with van der Waals surface area (Å²) >= 11 is 0. The molecule has 0 saturated carbocycles. The van der Waals surface area contributed by atoms with Crippen molar-refractivity contribution in [3.05, 3.63) is 77.2 Å². The summed E-state index contributed by atoms with van der Waals surface area (Å²) in [5, 5.41) is 8.94. The summed E-state index contributed by atoms with van der Waals surface area (Å²) in [5.74, 6) is -0.189. The summed E-state index contributed by atoms with van der Waals surface area (Å²) in [7, 11) is 1.52. The Morgan fingerprint density at radius 1 is 1.03 bits per heavy atom. The fourth-order valence-corrected chi connectivity index (χ4v) is 4.23. The number of aryl methyl sites for hydroxylation is 1. The van der Waals surface area contributed by atoms with Gasteiger partial charge in [0, 0.05) is 36.7 Å². The average Bonchev–Trinajstić information content (AvgIpc) is 2.85. The van der Waals surface area contributed by atoms with Crippen LogP contribution in [0.25, 0.3) is 11.1 Å². The molecule has 0 fully saturated rings. The van der Waals surface area contributed by atoms with Crippen LogP contribution in [0.1, 0.15) is 50.8 Å². The Hall–Kier alpha value is -3.45. The van der Waals surface area contributed by atoms with Gasteiger partial charge in [-0.3, -0.25) is 9.69 Å². The van der Waals surface area contributed by atoms with Crippen molar-refractivity contribution in [3.8, 4) is 22.8 Å². The number of halogens is 1. The Labute approximate surface area is 212 Å². The molecule has 7 heteroatoms. The van der Waals surface area contributed by atoms with Crippen LogP contribution in [-0.4, -0.2) is 40.2 Å². The fraction of sp³-hybridized carbons (Fsp3) is 0.379. The highest BCUT2D eigenvalue weighted by Gasteiger charge is 2.19. The van der Waals surface area contributed by atoms with Crippen LogP contribution >= 0.6 is 0 Å². The number of rotatable bonds is 12. The standard InChI is InChI=1S/C29H35FN2O4/c1-19(2)32(20(3)4)17-23-13-22(9-11-25(23)26-15-28(35-5)31-16-27(26)30)18-36-24-8-6-7-21(14-24)10-12-29(33)34/h6-9,11,13-16,19-20H,10,12,17-18H2,1-5H3,(H,33,34). The Balaban J connectivity index is 1.91. The second-order valence-corrected chi connectivity index (χ2v) is 9.39. The summed E-state index contributed by atoms with van der Waals surface area (Å²) in [6.45, 7) is 9.59. The number of pyridine rings is 1. The summed E-state index contributed by atoms with van der Waals surface area (Å²) in [5.41, 5.74) is 4.10. The lowest BCUT2D eigenvalue weighted by Gasteiger charge is -2.31. The van der Waals surface area contributed by atoms with Crippen molar-refractivity contribution >= 4 is 5.97 Å². The molecule has 1 N–H and O–H groups in total. The normalized spacial score (nSPS) is 11.4. The third kappa shape index (κ3) is 7.28. The summed E-state index contributed by atoms with van der Waals surface area (Å²) in [4.78, 5) is 17.2. The monoisotopic (exact) mass is 494 g/mol. The Morgan fingerprint density at radius 2 is 1.78 bits per heavy atom. The lowest BCUT2D eigenvalue weighted by Crippen LogP contribution is -2.36. The van der Waals surface area contributed by atoms with Crippen LogP contribution < -0.4 is 9.47 Å². The van der Waals surface area contributed by atoms with E-state index in [9.17, 15) is 9.18 Å². The molecule has 2 aromatic carbocycles. The first-order chi connectivity index (χ1) is 17.2. The van der Waals surface area contributed by atoms with Crippen molar-refractivity contribution in [3.63, 3.8) is 0 Å². The Kier molecular flexibility index (Phi) is 9.42. The zero-order chi connectivity index (χ0) is 26.2. The molecule has 1 heterocycles. The van der Waals surface area contributed by atoms with E-state index in [0.29, 0.717) is 48.8 Å². The molecule has 0 aliphatic carbocycles. The third-order valence-electron chi connectivity index (χ3n) is 6.11. The molecule has 6 nitrogen and oxygen atoms in total. The van der Waals surface area contributed by atoms with Gasteiger partial charge in [-0.15, -0.1) is 0 Å². The molecule has 3 rings (SSSR count). The van der Waals surface area contributed by atoms with Crippen molar-refractivity contribution < 1.29 is 23.8 Å². The van der Waals surface area contributed by atoms with E-state index in [1.807, 2.05) is 36.4 Å². The number of hydrogen-bond acceptors (Lipinski definition) is 5. The number of carboxylic acids is 1. The highest BCUT2D eigenvalue weighted by atomic mass is 19.1. The summed E-state index contributed by atoms with van der Waals surface area (Å²) < 4.78 is 26.1. The van der Waals surface area contributed by atoms with Gasteiger partial charge in [-0.1, -0.05) is 30.3 Å². The van der Waals surface area contributed by atoms with Crippen LogP contribution in [0.3, 0.4) is 0 Å². The van der Waals surface area contributed by atoms with Gasteiger partial charge in [0.2, 0.25) is 5.88 Å². The first-order valence-corrected chi connectivity index (χ1v) is 12.2. The molecule has 0 bridgehead atoms. The second kappa shape index (κ2) is 12.5. The Morgan fingerprint density at radius 3 is 2.44 bits per heavy atom. The molecule has 0 spiro atoms. The predicted molar refractivity (Wildman–Crippen MR) is 139 cm³/mol. The molecule has 0 atom stereocenters. The predicted octanol–water partition coefficient (Wildman–Crippen LogP) is 6.11. The van der Waals surface area contributed by atoms with Gasteiger partial charge < -0.3 is 14.6 Å². The van der Waals surface area contributed by atoms with Crippen molar-refractivity contribution in [1.82, 2.24) is 9.88 Å². The highest BCUT2D eigenvalue weighted by molar-refractivity contribution is 5.69. The van der Waals surface area contributed by atoms with E-state index in [-0.39, 0.29) is 6.42 Å². The van der Waals surface area contributed by atoms with Crippen LogP contribution in [0.15, 0.2) is 54.7 Å². The number of aromatic nitrogens is 1. The lowest BCUT2D eigenvalue weighted by molar-refractivity contribution is -0.136. The van der Waals surface area contributed by atoms with Crippen LogP contribution in [0.5, 0.6) is 11.6 Å². The first kappa shape index (κ1) is 27.1. The van der Waals surface area contributed by atoms with Gasteiger partial charge in [-0.05, 0) is 68.5 Å². The van der Waals surface area contributed by atoms with Gasteiger partial charge in [0.1, 0.15) is 18.2 Å². The molecular formula is C29H35FN2O4. The number of ether oxygens (including phenoxy) is 2. The largest absolute Gasteiger partial charge is 0.489 e. The van der Waals surface area contributed by atoms with Crippen LogP contribution in [0.4, 0.5) is 4.39 Å². The number of aliphatic carboxylic acids is 1. The maximum Gasteiger partial charge on any atom is 0.303 e. The molecule has 0 aliphatic heterocycles. The van der Waals surface area contributed by atoms with E-state index < -0.39 is 11.8 Å². The minimum atomic E-state index is -0.825. The van der Waals surface area contributed by atoms with Crippen molar-refractivity contribution in [2.75, 3.05) is 7.11 Å². The topological polar surface area (TPSA) is 71.9 Å². The van der Waals surface area contributed by atoms with Gasteiger partial charge in [-0.2, -0.15) is 0 Å². The number of carbonyl (C=O) groups is 1. The molecule has 0 amide bonds. The van der Waals surface area contributed by atoms with Gasteiger partial charge >= 0.3 is 5.97 Å². The number of nitrogens with zero attached hydrogens (tertiary/aromatic N) is 2. The fourth-order valence-electron chi connectivity index (χ4n) is 4.23. The lowest BCUT2D eigenvalue weighted by atomic mass is 9.96. The number of hydrogen-bond donors (Lipinski definition) is 1. The molecule has 192 valence electrons. The first-order valence-electron chi connectivity index (χ1n) is 12.2. The number of benzene rings is 2. The second-order valence-electron chi connectivity index (χ2n) is 9.39. The molecule has 0 radical (unpaired) electrons. The Bertz CT molecular complexity index is 1170. The molecular weight excluding hydrogens is 459 g/mol. The smallest absolute Gasteiger partial charge is 0.303 e. The summed E-state index contributed by atoms with van der Waals surface area (Å²) in [6.07, 6.45) is 1.72. The molecule has 0 saturated heterocycles. The summed E-state index contributed by atoms with van der Waals surface area (Å²) in [6, 6.07) is 15.7. The SMILES string of the molecule is COc1cc(-c2ccc(COc3cccc(CCC(=O)O)c3)cc2CN(C(C)C)C(C)C)c(F)cn1. The quantitative estimate of drug-likeness (QED) is 0.327. The molecule has 0 aliphatic rings. The molecule has 0 unspecified atom stereocenters. The van der Waals surface area contributed by atoms with Gasteiger partial charge in [0.15, 0.2) is 0 Å². The molecule has 36 heavy (non-hydrogen) atoms. The van der Waals surface area contributed by atoms with Crippen LogP contribution in [0, 0.1) is 5.82 Å². The van der Waals surface area contributed by atoms with E-state index in [2.05, 4.69) is 43.6 Å². The van der Waals surface area contributed by atoms with Crippen LogP contribution in [-0.2, 0) is 24.4 Å². The maximum atomic E-state index is 14.9. The maximum absolute atomic E-state index is 14.9. The molecule has 1 aromatic heterocycles. The van der Waals surface area contributed by atoms with E-state index in [4.69, 9.17) is 14.6 Å². The molecule has 3 aromatic rings. The zero-order valence-corrected chi connectivity index (χ0v) is 21.6. The number of carboxylic acid groups (broad SMARTS) is 1. The zero-order valence-electron chi connectivity index (χ0n) is 21.6. The van der Waals surface area contributed by atoms with E-state index in [1.165, 1.54) is 13.3 Å². The average molecular weight is 495 g/mol. The van der Waals surface area contributed by atoms with E-state index in [1.54, 1.807) is 6.07 Å². The van der Waals surface area contributed by atoms with E-state index in [0.717, 1.165) is 22.3 Å². The van der Waals surface area contributed by atoms with Crippen molar-refractivity contribution in [2.24, 2.45) is 0 Å². The van der Waals surface area contributed by atoms with E-state index >= 15 is 0 Å². The van der Waals surface area contributed by atoms with Crippen LogP contribution in [0.2, 0.25) is 0 Å². The van der Waals surface area contributed by atoms with Crippen molar-refractivity contribution in [2.45, 2.75) is 65.8 Å². The van der Waals surface area contributed by atoms with Crippen molar-refractivity contribution in [1.29, 1.82) is 0 Å².